The fourth-order valence-electron chi connectivity index (χ4n) is 4.24. The van der Waals surface area contributed by atoms with E-state index in [1.807, 2.05) is 6.07 Å². The number of amides is 3. The lowest BCUT2D eigenvalue weighted by Crippen LogP contribution is -2.33. The molecule has 0 radical (unpaired) electrons. The third-order valence-corrected chi connectivity index (χ3v) is 6.70. The topological polar surface area (TPSA) is 130 Å². The Kier molecular flexibility index (Phi) is 7.60. The molecule has 2 fully saturated rings. The molecule has 12 heteroatoms. The molecule has 2 heterocycles. The Morgan fingerprint density at radius 2 is 1.82 bits per heavy atom. The number of urea groups is 1. The van der Waals surface area contributed by atoms with Crippen LogP contribution in [-0.4, -0.2) is 52.1 Å². The maximum absolute atomic E-state index is 14.9. The average Bonchev–Trinajstić information content (AvgIpc) is 3.65. The summed E-state index contributed by atoms with van der Waals surface area (Å²) in [5.41, 5.74) is -1.14. The summed E-state index contributed by atoms with van der Waals surface area (Å²) in [7, 11) is 0. The van der Waals surface area contributed by atoms with Crippen molar-refractivity contribution in [3.63, 3.8) is 0 Å². The number of hydrogen-bond donors (Lipinski definition) is 3. The number of aromatic nitrogens is 1. The van der Waals surface area contributed by atoms with Gasteiger partial charge in [0.15, 0.2) is 17.4 Å². The van der Waals surface area contributed by atoms with Gasteiger partial charge in [-0.1, -0.05) is 30.3 Å². The van der Waals surface area contributed by atoms with Crippen molar-refractivity contribution in [1.82, 2.24) is 9.88 Å². The van der Waals surface area contributed by atoms with Gasteiger partial charge in [-0.2, -0.15) is 0 Å². The first-order chi connectivity index (χ1) is 19.2. The number of carbonyl (C=O) groups excluding carboxylic acids is 3. The summed E-state index contributed by atoms with van der Waals surface area (Å²) in [5, 5.41) is 14.5. The molecule has 2 aromatic carbocycles. The van der Waals surface area contributed by atoms with E-state index in [9.17, 15) is 28.3 Å². The molecule has 40 heavy (non-hydrogen) atoms. The smallest absolute Gasteiger partial charge is 0.323 e. The van der Waals surface area contributed by atoms with E-state index in [1.165, 1.54) is 23.2 Å². The number of β-amino-alcohol motifs (C(OH)–C–C–N with tert-alkyl or cyclic N) is 1. The zero-order valence-electron chi connectivity index (χ0n) is 21.2. The first-order valence-corrected chi connectivity index (χ1v) is 12.6. The number of rotatable bonds is 8. The van der Waals surface area contributed by atoms with E-state index in [0.717, 1.165) is 17.7 Å². The number of aliphatic hydroxyl groups is 1. The SMILES string of the molecule is O=C(Nc1cc(Oc2cc(F)c(NC(=O)C3(C(=O)OCc4ccccc4)CC3)cc2F)ccn1)N1CCC(O)C1. The van der Waals surface area contributed by atoms with Crippen LogP contribution in [0.1, 0.15) is 24.8 Å². The number of pyridine rings is 1. The summed E-state index contributed by atoms with van der Waals surface area (Å²) >= 11 is 0. The van der Waals surface area contributed by atoms with E-state index in [2.05, 4.69) is 15.6 Å². The Morgan fingerprint density at radius 3 is 2.52 bits per heavy atom. The molecular formula is C28H26F2N4O6. The molecule has 208 valence electrons. The summed E-state index contributed by atoms with van der Waals surface area (Å²) in [4.78, 5) is 43.2. The van der Waals surface area contributed by atoms with E-state index < -0.39 is 52.5 Å². The lowest BCUT2D eigenvalue weighted by molar-refractivity contribution is -0.154. The highest BCUT2D eigenvalue weighted by Crippen LogP contribution is 2.48. The van der Waals surface area contributed by atoms with E-state index in [-0.39, 0.29) is 37.6 Å². The average molecular weight is 553 g/mol. The van der Waals surface area contributed by atoms with Crippen molar-refractivity contribution < 1.29 is 37.7 Å². The molecular weight excluding hydrogens is 526 g/mol. The Morgan fingerprint density at radius 1 is 1.05 bits per heavy atom. The van der Waals surface area contributed by atoms with Gasteiger partial charge in [-0.3, -0.25) is 14.9 Å². The number of nitrogens with one attached hydrogen (secondary N) is 2. The Bertz CT molecular complexity index is 1430. The molecule has 1 unspecified atom stereocenters. The van der Waals surface area contributed by atoms with E-state index in [0.29, 0.717) is 13.0 Å². The zero-order valence-corrected chi connectivity index (χ0v) is 21.2. The van der Waals surface area contributed by atoms with Gasteiger partial charge in [-0.05, 0) is 30.9 Å². The van der Waals surface area contributed by atoms with Crippen LogP contribution in [0.2, 0.25) is 0 Å². The maximum atomic E-state index is 14.9. The number of esters is 1. The molecule has 2 aliphatic rings. The van der Waals surface area contributed by atoms with Crippen LogP contribution in [0.3, 0.4) is 0 Å². The molecule has 1 atom stereocenters. The third-order valence-electron chi connectivity index (χ3n) is 6.70. The van der Waals surface area contributed by atoms with Gasteiger partial charge in [0.1, 0.15) is 23.6 Å². The second-order valence-electron chi connectivity index (χ2n) is 9.66. The van der Waals surface area contributed by atoms with Gasteiger partial charge in [0.05, 0.1) is 11.8 Å². The van der Waals surface area contributed by atoms with Gasteiger partial charge in [0, 0.05) is 37.5 Å². The van der Waals surface area contributed by atoms with Crippen molar-refractivity contribution in [3.05, 3.63) is 78.0 Å². The molecule has 1 saturated carbocycles. The number of nitrogens with zero attached hydrogens (tertiary/aromatic N) is 2. The molecule has 1 aliphatic heterocycles. The molecule has 3 N–H and O–H groups in total. The van der Waals surface area contributed by atoms with Crippen molar-refractivity contribution in [2.24, 2.45) is 5.41 Å². The van der Waals surface area contributed by atoms with Crippen LogP contribution in [0.25, 0.3) is 0 Å². The summed E-state index contributed by atoms with van der Waals surface area (Å²) in [6.45, 7) is 0.587. The van der Waals surface area contributed by atoms with Gasteiger partial charge >= 0.3 is 12.0 Å². The second-order valence-corrected chi connectivity index (χ2v) is 9.66. The first-order valence-electron chi connectivity index (χ1n) is 12.6. The predicted molar refractivity (Wildman–Crippen MR) is 138 cm³/mol. The first kappa shape index (κ1) is 27.0. The number of carbonyl (C=O) groups is 3. The monoisotopic (exact) mass is 552 g/mol. The van der Waals surface area contributed by atoms with Gasteiger partial charge in [-0.15, -0.1) is 0 Å². The minimum absolute atomic E-state index is 0.00842. The Labute approximate surface area is 227 Å². The van der Waals surface area contributed by atoms with Crippen LogP contribution >= 0.6 is 0 Å². The molecule has 1 aliphatic carbocycles. The van der Waals surface area contributed by atoms with Crippen molar-refractivity contribution in [2.75, 3.05) is 23.7 Å². The zero-order chi connectivity index (χ0) is 28.3. The van der Waals surface area contributed by atoms with Gasteiger partial charge in [0.2, 0.25) is 5.91 Å². The van der Waals surface area contributed by atoms with Gasteiger partial charge in [0.25, 0.3) is 0 Å². The fourth-order valence-corrected chi connectivity index (χ4v) is 4.24. The standard InChI is InChI=1S/C28H26F2N4O6/c29-20-14-23(40-19-6-10-31-24(12-19)33-27(38)34-11-7-18(35)15-34)21(30)13-22(20)32-25(36)28(8-9-28)26(37)39-16-17-4-2-1-3-5-17/h1-6,10,12-14,18,35H,7-9,11,15-16H2,(H,32,36)(H,31,33,38). The van der Waals surface area contributed by atoms with Crippen molar-refractivity contribution in [1.29, 1.82) is 0 Å². The highest BCUT2D eigenvalue weighted by molar-refractivity contribution is 6.11. The van der Waals surface area contributed by atoms with Crippen LogP contribution in [0.4, 0.5) is 25.1 Å². The number of ether oxygens (including phenoxy) is 2. The third kappa shape index (κ3) is 6.01. The van der Waals surface area contributed by atoms with Crippen molar-refractivity contribution in [3.8, 4) is 11.5 Å². The minimum atomic E-state index is -1.45. The van der Waals surface area contributed by atoms with Crippen LogP contribution in [0, 0.1) is 17.0 Å². The Balaban J connectivity index is 1.21. The van der Waals surface area contributed by atoms with Crippen LogP contribution in [0.5, 0.6) is 11.5 Å². The summed E-state index contributed by atoms with van der Waals surface area (Å²) in [6, 6.07) is 12.7. The largest absolute Gasteiger partial charge is 0.460 e. The highest BCUT2D eigenvalue weighted by Gasteiger charge is 2.58. The van der Waals surface area contributed by atoms with E-state index in [4.69, 9.17) is 9.47 Å². The fraction of sp³-hybridized carbons (Fsp3) is 0.286. The summed E-state index contributed by atoms with van der Waals surface area (Å²) in [6.07, 6.45) is 1.68. The lowest BCUT2D eigenvalue weighted by Gasteiger charge is -2.17. The highest BCUT2D eigenvalue weighted by atomic mass is 19.1. The number of aliphatic hydroxyl groups excluding tert-OH is 1. The number of likely N-dealkylation sites (tertiary alicyclic amines) is 1. The summed E-state index contributed by atoms with van der Waals surface area (Å²) < 4.78 is 40.4. The predicted octanol–water partition coefficient (Wildman–Crippen LogP) is 4.21. The number of hydrogen-bond acceptors (Lipinski definition) is 7. The van der Waals surface area contributed by atoms with Crippen LogP contribution < -0.4 is 15.4 Å². The molecule has 3 amide bonds. The van der Waals surface area contributed by atoms with Gasteiger partial charge in [-0.25, -0.2) is 18.6 Å². The van der Waals surface area contributed by atoms with Crippen molar-refractivity contribution in [2.45, 2.75) is 32.0 Å². The normalized spacial score (nSPS) is 17.2. The number of benzene rings is 2. The number of anilines is 2. The molecule has 0 spiro atoms. The number of halogens is 2. The van der Waals surface area contributed by atoms with Crippen LogP contribution in [-0.2, 0) is 20.9 Å². The maximum Gasteiger partial charge on any atom is 0.323 e. The quantitative estimate of drug-likeness (QED) is 0.282. The molecule has 10 nitrogen and oxygen atoms in total. The lowest BCUT2D eigenvalue weighted by atomic mass is 10.1. The van der Waals surface area contributed by atoms with E-state index in [1.54, 1.807) is 24.3 Å². The second kappa shape index (κ2) is 11.3. The van der Waals surface area contributed by atoms with Crippen molar-refractivity contribution >= 4 is 29.4 Å². The van der Waals surface area contributed by atoms with Crippen LogP contribution in [0.15, 0.2) is 60.8 Å². The molecule has 5 rings (SSSR count). The Hall–Kier alpha value is -4.58. The molecule has 1 saturated heterocycles. The molecule has 0 bridgehead atoms. The summed E-state index contributed by atoms with van der Waals surface area (Å²) in [5.74, 6) is -3.74. The molecule has 3 aromatic rings. The van der Waals surface area contributed by atoms with Gasteiger partial charge < -0.3 is 24.8 Å². The molecule has 1 aromatic heterocycles. The minimum Gasteiger partial charge on any atom is -0.460 e. The van der Waals surface area contributed by atoms with E-state index >= 15 is 0 Å².